The van der Waals surface area contributed by atoms with E-state index in [1.807, 2.05) is 36.4 Å². The number of fused-ring (bicyclic) bond motifs is 9. The molecule has 0 saturated carbocycles. The Morgan fingerprint density at radius 1 is 0.432 bits per heavy atom. The fraction of sp³-hybridized carbons (Fsp3) is 0. The minimum Gasteiger partial charge on any atom is -0.452 e. The van der Waals surface area contributed by atoms with E-state index < -0.39 is 0 Å². The SMILES string of the molecule is c1ccc(-c2nc(-c3ccc4c5ccccc5c5ccccc5c4c3)nc3c2oc2ccccc23)cc1. The highest BCUT2D eigenvalue weighted by atomic mass is 16.3. The van der Waals surface area contributed by atoms with Crippen LogP contribution in [0.15, 0.2) is 126 Å². The van der Waals surface area contributed by atoms with E-state index in [-0.39, 0.29) is 0 Å². The molecule has 0 saturated heterocycles. The summed E-state index contributed by atoms with van der Waals surface area (Å²) in [5, 5.41) is 8.44. The molecule has 6 aromatic carbocycles. The lowest BCUT2D eigenvalue weighted by Crippen LogP contribution is -1.94. The summed E-state index contributed by atoms with van der Waals surface area (Å²) in [6.07, 6.45) is 0. The van der Waals surface area contributed by atoms with Crippen molar-refractivity contribution in [3.8, 4) is 22.6 Å². The number of para-hydroxylation sites is 1. The van der Waals surface area contributed by atoms with Gasteiger partial charge in [-0.2, -0.15) is 0 Å². The first-order chi connectivity index (χ1) is 18.3. The van der Waals surface area contributed by atoms with E-state index in [0.29, 0.717) is 11.4 Å². The van der Waals surface area contributed by atoms with Gasteiger partial charge < -0.3 is 4.42 Å². The predicted molar refractivity (Wildman–Crippen MR) is 153 cm³/mol. The van der Waals surface area contributed by atoms with Crippen LogP contribution in [0, 0.1) is 0 Å². The molecule has 0 aliphatic heterocycles. The molecule has 0 aliphatic rings. The third-order valence-corrected chi connectivity index (χ3v) is 7.27. The maximum atomic E-state index is 6.28. The number of nitrogens with zero attached hydrogens (tertiary/aromatic N) is 2. The van der Waals surface area contributed by atoms with Crippen molar-refractivity contribution in [1.29, 1.82) is 0 Å². The Morgan fingerprint density at radius 2 is 1.00 bits per heavy atom. The van der Waals surface area contributed by atoms with E-state index in [4.69, 9.17) is 14.4 Å². The molecule has 0 spiro atoms. The summed E-state index contributed by atoms with van der Waals surface area (Å²) >= 11 is 0. The molecular weight excluding hydrogens is 452 g/mol. The van der Waals surface area contributed by atoms with Gasteiger partial charge in [0.1, 0.15) is 16.8 Å². The molecule has 8 rings (SSSR count). The van der Waals surface area contributed by atoms with Crippen molar-refractivity contribution < 1.29 is 4.42 Å². The van der Waals surface area contributed by atoms with Gasteiger partial charge in [-0.25, -0.2) is 9.97 Å². The van der Waals surface area contributed by atoms with Gasteiger partial charge in [-0.1, -0.05) is 103 Å². The lowest BCUT2D eigenvalue weighted by Gasteiger charge is -2.12. The summed E-state index contributed by atoms with van der Waals surface area (Å²) in [4.78, 5) is 10.1. The molecule has 3 nitrogen and oxygen atoms in total. The Bertz CT molecular complexity index is 2110. The summed E-state index contributed by atoms with van der Waals surface area (Å²) in [5.74, 6) is 0.692. The molecule has 0 amide bonds. The summed E-state index contributed by atoms with van der Waals surface area (Å²) < 4.78 is 6.28. The van der Waals surface area contributed by atoms with Crippen LogP contribution in [-0.2, 0) is 0 Å². The maximum Gasteiger partial charge on any atom is 0.180 e. The van der Waals surface area contributed by atoms with Gasteiger partial charge in [0, 0.05) is 16.5 Å². The summed E-state index contributed by atoms with van der Waals surface area (Å²) in [6.45, 7) is 0. The Kier molecular flexibility index (Phi) is 4.23. The summed E-state index contributed by atoms with van der Waals surface area (Å²) in [6, 6.07) is 42.1. The zero-order valence-electron chi connectivity index (χ0n) is 19.8. The van der Waals surface area contributed by atoms with Crippen molar-refractivity contribution in [1.82, 2.24) is 9.97 Å². The fourth-order valence-electron chi connectivity index (χ4n) is 5.56. The van der Waals surface area contributed by atoms with Crippen LogP contribution in [0.25, 0.3) is 77.0 Å². The van der Waals surface area contributed by atoms with E-state index in [9.17, 15) is 0 Å². The molecular formula is C34H20N2O. The van der Waals surface area contributed by atoms with Gasteiger partial charge in [0.05, 0.1) is 0 Å². The van der Waals surface area contributed by atoms with Crippen molar-refractivity contribution in [3.63, 3.8) is 0 Å². The molecule has 2 aromatic heterocycles. The van der Waals surface area contributed by atoms with Crippen molar-refractivity contribution in [3.05, 3.63) is 121 Å². The van der Waals surface area contributed by atoms with Gasteiger partial charge in [-0.15, -0.1) is 0 Å². The van der Waals surface area contributed by atoms with Crippen LogP contribution in [0.3, 0.4) is 0 Å². The van der Waals surface area contributed by atoms with Crippen molar-refractivity contribution in [2.75, 3.05) is 0 Å². The molecule has 2 heterocycles. The molecule has 0 bridgehead atoms. The monoisotopic (exact) mass is 472 g/mol. The average molecular weight is 473 g/mol. The van der Waals surface area contributed by atoms with Crippen molar-refractivity contribution in [2.24, 2.45) is 0 Å². The topological polar surface area (TPSA) is 38.9 Å². The maximum absolute atomic E-state index is 6.28. The molecule has 37 heavy (non-hydrogen) atoms. The number of hydrogen-bond acceptors (Lipinski definition) is 3. The van der Waals surface area contributed by atoms with E-state index in [1.54, 1.807) is 0 Å². The highest BCUT2D eigenvalue weighted by Crippen LogP contribution is 2.39. The second-order valence-corrected chi connectivity index (χ2v) is 9.39. The van der Waals surface area contributed by atoms with Crippen LogP contribution >= 0.6 is 0 Å². The summed E-state index contributed by atoms with van der Waals surface area (Å²) in [5.41, 5.74) is 5.17. The first-order valence-corrected chi connectivity index (χ1v) is 12.4. The second kappa shape index (κ2) is 7.74. The van der Waals surface area contributed by atoms with E-state index >= 15 is 0 Å². The van der Waals surface area contributed by atoms with Gasteiger partial charge in [0.25, 0.3) is 0 Å². The van der Waals surface area contributed by atoms with Crippen molar-refractivity contribution >= 4 is 54.4 Å². The standard InChI is InChI=1S/C34H20N2O/c1-2-10-21(11-3-1)31-33-32(28-16-8-9-17-30(28)37-33)36-34(35-31)22-18-19-27-25-14-5-4-12-23(25)24-13-6-7-15-26(24)29(27)20-22/h1-20H. The first-order valence-electron chi connectivity index (χ1n) is 12.4. The number of aromatic nitrogens is 2. The Labute approximate surface area is 212 Å². The Morgan fingerprint density at radius 3 is 1.70 bits per heavy atom. The molecule has 0 aliphatic carbocycles. The van der Waals surface area contributed by atoms with Crippen molar-refractivity contribution in [2.45, 2.75) is 0 Å². The average Bonchev–Trinajstić information content (AvgIpc) is 3.36. The zero-order chi connectivity index (χ0) is 24.3. The number of benzene rings is 6. The van der Waals surface area contributed by atoms with Crippen LogP contribution in [-0.4, -0.2) is 9.97 Å². The zero-order valence-corrected chi connectivity index (χ0v) is 19.8. The Balaban J connectivity index is 1.46. The molecule has 0 fully saturated rings. The number of hydrogen-bond donors (Lipinski definition) is 0. The van der Waals surface area contributed by atoms with Crippen LogP contribution in [0.2, 0.25) is 0 Å². The van der Waals surface area contributed by atoms with Crippen LogP contribution < -0.4 is 0 Å². The van der Waals surface area contributed by atoms with Gasteiger partial charge in [-0.05, 0) is 50.5 Å². The van der Waals surface area contributed by atoms with Crippen LogP contribution in [0.1, 0.15) is 0 Å². The molecule has 3 heteroatoms. The quantitative estimate of drug-likeness (QED) is 0.235. The largest absolute Gasteiger partial charge is 0.452 e. The van der Waals surface area contributed by atoms with Gasteiger partial charge in [0.2, 0.25) is 0 Å². The summed E-state index contributed by atoms with van der Waals surface area (Å²) in [7, 11) is 0. The highest BCUT2D eigenvalue weighted by molar-refractivity contribution is 6.25. The van der Waals surface area contributed by atoms with E-state index in [1.165, 1.54) is 32.3 Å². The lowest BCUT2D eigenvalue weighted by atomic mass is 9.93. The molecule has 0 N–H and O–H groups in total. The van der Waals surface area contributed by atoms with Gasteiger partial charge in [0.15, 0.2) is 11.4 Å². The predicted octanol–water partition coefficient (Wildman–Crippen LogP) is 9.17. The Hall–Kier alpha value is -5.02. The first kappa shape index (κ1) is 20.2. The minimum atomic E-state index is 0.692. The van der Waals surface area contributed by atoms with Gasteiger partial charge in [-0.3, -0.25) is 0 Å². The normalized spacial score (nSPS) is 11.8. The lowest BCUT2D eigenvalue weighted by molar-refractivity contribution is 0.667. The minimum absolute atomic E-state index is 0.692. The second-order valence-electron chi connectivity index (χ2n) is 9.39. The third kappa shape index (κ3) is 3.01. The van der Waals surface area contributed by atoms with Crippen LogP contribution in [0.5, 0.6) is 0 Å². The highest BCUT2D eigenvalue weighted by Gasteiger charge is 2.18. The van der Waals surface area contributed by atoms with Crippen LogP contribution in [0.4, 0.5) is 0 Å². The molecule has 0 atom stereocenters. The molecule has 0 unspecified atom stereocenters. The van der Waals surface area contributed by atoms with E-state index in [0.717, 1.165) is 33.3 Å². The number of rotatable bonds is 2. The van der Waals surface area contributed by atoms with Gasteiger partial charge >= 0.3 is 0 Å². The third-order valence-electron chi connectivity index (χ3n) is 7.27. The molecule has 172 valence electrons. The fourth-order valence-corrected chi connectivity index (χ4v) is 5.56. The van der Waals surface area contributed by atoms with E-state index in [2.05, 4.69) is 84.9 Å². The number of furan rings is 1. The molecule has 0 radical (unpaired) electrons. The smallest absolute Gasteiger partial charge is 0.180 e. The molecule has 8 aromatic rings.